The summed E-state index contributed by atoms with van der Waals surface area (Å²) in [6, 6.07) is 29.0. The maximum absolute atomic E-state index is 9.44. The molecule has 8 rings (SSSR count). The fraction of sp³-hybridized carbons (Fsp3) is 0.146. The second-order valence-corrected chi connectivity index (χ2v) is 11.3. The molecule has 1 unspecified atom stereocenters. The van der Waals surface area contributed by atoms with Crippen LogP contribution in [-0.2, 0) is 0 Å². The first-order chi connectivity index (χ1) is 22.1. The number of para-hydroxylation sites is 1. The highest BCUT2D eigenvalue weighted by atomic mass is 16.3. The maximum atomic E-state index is 9.44. The Hall–Kier alpha value is -5.53. The number of rotatable bonds is 4. The lowest BCUT2D eigenvalue weighted by molar-refractivity contribution is 0.668. The lowest BCUT2D eigenvalue weighted by Gasteiger charge is -2.24. The molecule has 0 saturated heterocycles. The van der Waals surface area contributed by atoms with Gasteiger partial charge >= 0.3 is 0 Å². The summed E-state index contributed by atoms with van der Waals surface area (Å²) in [4.78, 5) is 2.41. The average Bonchev–Trinajstić information content (AvgIpc) is 3.66. The van der Waals surface area contributed by atoms with Gasteiger partial charge in [-0.05, 0) is 97.1 Å². The summed E-state index contributed by atoms with van der Waals surface area (Å²) in [5.74, 6) is 0.262. The van der Waals surface area contributed by atoms with E-state index in [1.165, 1.54) is 28.1 Å². The molecule has 0 amide bonds. The molecule has 1 atom stereocenters. The van der Waals surface area contributed by atoms with Gasteiger partial charge in [-0.2, -0.15) is 5.26 Å². The molecule has 4 aromatic carbocycles. The van der Waals surface area contributed by atoms with Gasteiger partial charge in [-0.1, -0.05) is 69.0 Å². The number of furan rings is 2. The summed E-state index contributed by atoms with van der Waals surface area (Å²) in [6.45, 7) is 10.1. The molecule has 4 nitrogen and oxygen atoms in total. The van der Waals surface area contributed by atoms with Crippen LogP contribution in [0.3, 0.4) is 0 Å². The summed E-state index contributed by atoms with van der Waals surface area (Å²) in [7, 11) is 0. The molecule has 1 aliphatic heterocycles. The number of hydrogen-bond acceptors (Lipinski definition) is 4. The standard InChI is InChI=1S/C39H28N2O2.C2H6/c1-3-4-7-29-24(2)41(28-14-19-39-34(22-28)31-8-5-6-9-36(31)42-39)35-16-12-26(11-15-30(29)35)27-13-18-38-33(21-27)32-20-25(23-40)10-17-37(32)43-38;1-2/h3-10,12-14,16-22,30H,1,11,15H2,2H3;1-2H3/b7-4-;. The number of hydrogen-bond donors (Lipinski definition) is 0. The van der Waals surface area contributed by atoms with Crippen molar-refractivity contribution >= 4 is 55.1 Å². The highest BCUT2D eigenvalue weighted by Gasteiger charge is 2.34. The third-order valence-electron chi connectivity index (χ3n) is 8.90. The van der Waals surface area contributed by atoms with Crippen LogP contribution in [0.2, 0.25) is 0 Å². The van der Waals surface area contributed by atoms with Crippen molar-refractivity contribution in [3.8, 4) is 6.07 Å². The number of benzene rings is 4. The zero-order valence-electron chi connectivity index (χ0n) is 25.8. The number of allylic oxidation sites excluding steroid dienone is 8. The zero-order chi connectivity index (χ0) is 31.1. The van der Waals surface area contributed by atoms with E-state index in [2.05, 4.69) is 91.2 Å². The van der Waals surface area contributed by atoms with Crippen molar-refractivity contribution in [2.75, 3.05) is 4.90 Å². The first-order valence-corrected chi connectivity index (χ1v) is 15.6. The lowest BCUT2D eigenvalue weighted by Crippen LogP contribution is -2.17. The van der Waals surface area contributed by atoms with Gasteiger partial charge in [-0.3, -0.25) is 0 Å². The molecule has 2 aromatic heterocycles. The number of fused-ring (bicyclic) bond motifs is 7. The fourth-order valence-corrected chi connectivity index (χ4v) is 6.84. The van der Waals surface area contributed by atoms with Crippen LogP contribution >= 0.6 is 0 Å². The minimum absolute atomic E-state index is 0.262. The van der Waals surface area contributed by atoms with E-state index in [1.54, 1.807) is 6.07 Å². The van der Waals surface area contributed by atoms with Gasteiger partial charge in [0.25, 0.3) is 0 Å². The average molecular weight is 587 g/mol. The highest BCUT2D eigenvalue weighted by molar-refractivity contribution is 6.07. The monoisotopic (exact) mass is 586 g/mol. The van der Waals surface area contributed by atoms with Gasteiger partial charge in [0, 0.05) is 44.5 Å². The molecule has 6 aromatic rings. The summed E-state index contributed by atoms with van der Waals surface area (Å²) in [5, 5.41) is 13.7. The molecular weight excluding hydrogens is 552 g/mol. The van der Waals surface area contributed by atoms with Crippen molar-refractivity contribution in [1.29, 1.82) is 5.26 Å². The summed E-state index contributed by atoms with van der Waals surface area (Å²) < 4.78 is 12.2. The maximum Gasteiger partial charge on any atom is 0.135 e. The topological polar surface area (TPSA) is 53.3 Å². The van der Waals surface area contributed by atoms with Gasteiger partial charge in [0.05, 0.1) is 11.6 Å². The van der Waals surface area contributed by atoms with Crippen molar-refractivity contribution in [2.24, 2.45) is 5.92 Å². The minimum Gasteiger partial charge on any atom is -0.456 e. The van der Waals surface area contributed by atoms with Gasteiger partial charge < -0.3 is 13.7 Å². The van der Waals surface area contributed by atoms with Crippen LogP contribution in [0.5, 0.6) is 0 Å². The Balaban J connectivity index is 0.00000160. The molecule has 3 heterocycles. The predicted molar refractivity (Wildman–Crippen MR) is 187 cm³/mol. The first kappa shape index (κ1) is 28.3. The normalized spacial score (nSPS) is 16.5. The summed E-state index contributed by atoms with van der Waals surface area (Å²) in [6.07, 6.45) is 12.6. The third-order valence-corrected chi connectivity index (χ3v) is 8.90. The quantitative estimate of drug-likeness (QED) is 0.193. The molecule has 45 heavy (non-hydrogen) atoms. The van der Waals surface area contributed by atoms with Gasteiger partial charge in [0.1, 0.15) is 22.3 Å². The first-order valence-electron chi connectivity index (χ1n) is 15.6. The predicted octanol–water partition coefficient (Wildman–Crippen LogP) is 11.6. The molecule has 4 heteroatoms. The van der Waals surface area contributed by atoms with Crippen LogP contribution in [0.4, 0.5) is 5.69 Å². The molecular formula is C41H34N2O2. The Kier molecular flexibility index (Phi) is 7.23. The summed E-state index contributed by atoms with van der Waals surface area (Å²) >= 11 is 0. The number of anilines is 1. The molecule has 0 radical (unpaired) electrons. The van der Waals surface area contributed by atoms with E-state index in [0.29, 0.717) is 5.56 Å². The van der Waals surface area contributed by atoms with Gasteiger partial charge in [0.2, 0.25) is 0 Å². The summed E-state index contributed by atoms with van der Waals surface area (Å²) in [5.41, 5.74) is 11.5. The van der Waals surface area contributed by atoms with E-state index in [1.807, 2.05) is 50.3 Å². The van der Waals surface area contributed by atoms with Crippen molar-refractivity contribution in [3.05, 3.63) is 144 Å². The molecule has 2 aliphatic rings. The van der Waals surface area contributed by atoms with Crippen molar-refractivity contribution < 1.29 is 8.83 Å². The minimum atomic E-state index is 0.262. The Morgan fingerprint density at radius 2 is 1.51 bits per heavy atom. The van der Waals surface area contributed by atoms with Crippen LogP contribution in [0, 0.1) is 17.2 Å². The van der Waals surface area contributed by atoms with Crippen LogP contribution in [0.15, 0.2) is 142 Å². The number of nitriles is 1. The lowest BCUT2D eigenvalue weighted by atomic mass is 9.91. The van der Waals surface area contributed by atoms with E-state index in [9.17, 15) is 5.26 Å². The smallest absolute Gasteiger partial charge is 0.135 e. The second kappa shape index (κ2) is 11.5. The van der Waals surface area contributed by atoms with E-state index in [-0.39, 0.29) is 5.92 Å². The van der Waals surface area contributed by atoms with Crippen molar-refractivity contribution in [2.45, 2.75) is 33.6 Å². The molecule has 0 fully saturated rings. The Morgan fingerprint density at radius 3 is 2.29 bits per heavy atom. The second-order valence-electron chi connectivity index (χ2n) is 11.3. The SMILES string of the molecule is C=C/C=C\C1=C(C)N(c2ccc3oc4ccccc4c3c2)C2=CC=C(c3ccc4oc5ccc(C#N)cc5c4c3)CCC21.CC. The van der Waals surface area contributed by atoms with Gasteiger partial charge in [-0.25, -0.2) is 0 Å². The Labute approximate surface area is 263 Å². The van der Waals surface area contributed by atoms with Crippen LogP contribution < -0.4 is 4.90 Å². The van der Waals surface area contributed by atoms with Crippen molar-refractivity contribution in [1.82, 2.24) is 0 Å². The van der Waals surface area contributed by atoms with Gasteiger partial charge in [0.15, 0.2) is 0 Å². The van der Waals surface area contributed by atoms with E-state index < -0.39 is 0 Å². The van der Waals surface area contributed by atoms with Crippen molar-refractivity contribution in [3.63, 3.8) is 0 Å². The Morgan fingerprint density at radius 1 is 0.822 bits per heavy atom. The van der Waals surface area contributed by atoms with E-state index >= 15 is 0 Å². The number of nitrogens with zero attached hydrogens (tertiary/aromatic N) is 2. The largest absolute Gasteiger partial charge is 0.456 e. The molecule has 0 bridgehead atoms. The molecule has 220 valence electrons. The van der Waals surface area contributed by atoms with E-state index in [0.717, 1.165) is 62.4 Å². The zero-order valence-corrected chi connectivity index (χ0v) is 25.8. The third kappa shape index (κ3) is 4.69. The molecule has 1 aliphatic carbocycles. The molecule has 0 N–H and O–H groups in total. The van der Waals surface area contributed by atoms with Crippen LogP contribution in [-0.4, -0.2) is 0 Å². The Bertz CT molecular complexity index is 2300. The van der Waals surface area contributed by atoms with Gasteiger partial charge in [-0.15, -0.1) is 0 Å². The van der Waals surface area contributed by atoms with Crippen LogP contribution in [0.25, 0.3) is 49.5 Å². The van der Waals surface area contributed by atoms with E-state index in [4.69, 9.17) is 8.83 Å². The van der Waals surface area contributed by atoms with Crippen LogP contribution in [0.1, 0.15) is 44.7 Å². The fourth-order valence-electron chi connectivity index (χ4n) is 6.84. The molecule has 0 spiro atoms. The highest BCUT2D eigenvalue weighted by Crippen LogP contribution is 2.47. The molecule has 0 saturated carbocycles.